The Morgan fingerprint density at radius 3 is 2.48 bits per heavy atom. The molecule has 0 amide bonds. The number of ether oxygens (including phenoxy) is 1. The summed E-state index contributed by atoms with van der Waals surface area (Å²) in [5.74, 6) is 0.572. The van der Waals surface area contributed by atoms with Crippen LogP contribution in [0.1, 0.15) is 59.3 Å². The summed E-state index contributed by atoms with van der Waals surface area (Å²) >= 11 is 0. The van der Waals surface area contributed by atoms with Crippen LogP contribution < -0.4 is 5.32 Å². The number of nitrogens with one attached hydrogen (secondary N) is 1. The zero-order chi connectivity index (χ0) is 15.5. The van der Waals surface area contributed by atoms with Gasteiger partial charge in [-0.3, -0.25) is 0 Å². The standard InChI is InChI=1S/C16H31NO3S/c1-4-6-13-7-8-14(17-5-2)16(11-13)21(18,19)15-9-10-20-12(15)3/h12-17H,4-11H2,1-3H3. The van der Waals surface area contributed by atoms with Crippen molar-refractivity contribution < 1.29 is 13.2 Å². The number of hydrogen-bond donors (Lipinski definition) is 1. The minimum atomic E-state index is -3.12. The zero-order valence-electron chi connectivity index (χ0n) is 13.7. The van der Waals surface area contributed by atoms with Crippen LogP contribution in [-0.2, 0) is 14.6 Å². The smallest absolute Gasteiger partial charge is 0.160 e. The molecule has 21 heavy (non-hydrogen) atoms. The molecule has 0 spiro atoms. The van der Waals surface area contributed by atoms with Crippen LogP contribution in [0.2, 0.25) is 0 Å². The van der Waals surface area contributed by atoms with Gasteiger partial charge < -0.3 is 10.1 Å². The summed E-state index contributed by atoms with van der Waals surface area (Å²) in [5.41, 5.74) is 0. The highest BCUT2D eigenvalue weighted by Gasteiger charge is 2.45. The topological polar surface area (TPSA) is 55.4 Å². The van der Waals surface area contributed by atoms with Crippen molar-refractivity contribution in [1.82, 2.24) is 5.32 Å². The first kappa shape index (κ1) is 17.2. The fourth-order valence-corrected chi connectivity index (χ4v) is 6.83. The third kappa shape index (κ3) is 3.80. The monoisotopic (exact) mass is 317 g/mol. The summed E-state index contributed by atoms with van der Waals surface area (Å²) in [6.07, 6.45) is 5.80. The second-order valence-electron chi connectivity index (χ2n) is 6.66. The molecule has 124 valence electrons. The lowest BCUT2D eigenvalue weighted by Gasteiger charge is -2.38. The van der Waals surface area contributed by atoms with Crippen LogP contribution in [0.3, 0.4) is 0 Å². The van der Waals surface area contributed by atoms with E-state index in [-0.39, 0.29) is 22.6 Å². The van der Waals surface area contributed by atoms with E-state index in [1.807, 2.05) is 6.92 Å². The minimum absolute atomic E-state index is 0.126. The first-order chi connectivity index (χ1) is 10.0. The molecule has 4 nitrogen and oxygen atoms in total. The van der Waals surface area contributed by atoms with Gasteiger partial charge in [0.05, 0.1) is 16.6 Å². The first-order valence-electron chi connectivity index (χ1n) is 8.58. The molecule has 1 aliphatic heterocycles. The van der Waals surface area contributed by atoms with Gasteiger partial charge in [0.15, 0.2) is 9.84 Å². The van der Waals surface area contributed by atoms with Gasteiger partial charge in [-0.2, -0.15) is 0 Å². The molecule has 2 fully saturated rings. The summed E-state index contributed by atoms with van der Waals surface area (Å²) in [6, 6.07) is 0.126. The molecule has 2 rings (SSSR count). The van der Waals surface area contributed by atoms with Crippen molar-refractivity contribution >= 4 is 9.84 Å². The van der Waals surface area contributed by atoms with E-state index in [1.165, 1.54) is 0 Å². The Morgan fingerprint density at radius 1 is 1.14 bits per heavy atom. The molecule has 0 bridgehead atoms. The van der Waals surface area contributed by atoms with E-state index in [0.717, 1.165) is 38.6 Å². The van der Waals surface area contributed by atoms with E-state index in [4.69, 9.17) is 4.74 Å². The van der Waals surface area contributed by atoms with E-state index in [0.29, 0.717) is 18.9 Å². The molecule has 1 heterocycles. The van der Waals surface area contributed by atoms with Crippen molar-refractivity contribution in [3.8, 4) is 0 Å². The Balaban J connectivity index is 2.17. The van der Waals surface area contributed by atoms with E-state index in [9.17, 15) is 8.42 Å². The molecule has 5 unspecified atom stereocenters. The molecule has 0 aromatic carbocycles. The highest BCUT2D eigenvalue weighted by molar-refractivity contribution is 7.92. The molecular formula is C16H31NO3S. The van der Waals surface area contributed by atoms with E-state index < -0.39 is 9.84 Å². The van der Waals surface area contributed by atoms with Crippen molar-refractivity contribution in [2.75, 3.05) is 13.2 Å². The maximum absolute atomic E-state index is 13.1. The van der Waals surface area contributed by atoms with Crippen LogP contribution in [0.4, 0.5) is 0 Å². The normalized spacial score (nSPS) is 37.8. The van der Waals surface area contributed by atoms with Crippen molar-refractivity contribution in [3.05, 3.63) is 0 Å². The zero-order valence-corrected chi connectivity index (χ0v) is 14.5. The van der Waals surface area contributed by atoms with Crippen LogP contribution in [0.5, 0.6) is 0 Å². The van der Waals surface area contributed by atoms with Gasteiger partial charge in [-0.05, 0) is 45.1 Å². The molecule has 1 aliphatic carbocycles. The average Bonchev–Trinajstić information content (AvgIpc) is 2.88. The molecule has 1 N–H and O–H groups in total. The van der Waals surface area contributed by atoms with Gasteiger partial charge in [0.1, 0.15) is 0 Å². The second kappa shape index (κ2) is 7.42. The number of rotatable bonds is 6. The maximum atomic E-state index is 13.1. The molecule has 2 aliphatic rings. The quantitative estimate of drug-likeness (QED) is 0.818. The summed E-state index contributed by atoms with van der Waals surface area (Å²) in [6.45, 7) is 7.58. The van der Waals surface area contributed by atoms with Crippen LogP contribution in [0.15, 0.2) is 0 Å². The van der Waals surface area contributed by atoms with Gasteiger partial charge in [-0.1, -0.05) is 26.7 Å². The Morgan fingerprint density at radius 2 is 1.90 bits per heavy atom. The van der Waals surface area contributed by atoms with Crippen molar-refractivity contribution in [1.29, 1.82) is 0 Å². The third-order valence-corrected chi connectivity index (χ3v) is 8.04. The number of hydrogen-bond acceptors (Lipinski definition) is 4. The summed E-state index contributed by atoms with van der Waals surface area (Å²) in [7, 11) is -3.12. The van der Waals surface area contributed by atoms with Crippen LogP contribution >= 0.6 is 0 Å². The van der Waals surface area contributed by atoms with Gasteiger partial charge in [0.2, 0.25) is 0 Å². The van der Waals surface area contributed by atoms with Gasteiger partial charge in [0, 0.05) is 12.6 Å². The van der Waals surface area contributed by atoms with Gasteiger partial charge >= 0.3 is 0 Å². The first-order valence-corrected chi connectivity index (χ1v) is 10.2. The van der Waals surface area contributed by atoms with Crippen LogP contribution in [0, 0.1) is 5.92 Å². The van der Waals surface area contributed by atoms with Crippen LogP contribution in [0.25, 0.3) is 0 Å². The largest absolute Gasteiger partial charge is 0.377 e. The van der Waals surface area contributed by atoms with Gasteiger partial charge in [-0.25, -0.2) is 8.42 Å². The van der Waals surface area contributed by atoms with Gasteiger partial charge in [0.25, 0.3) is 0 Å². The molecule has 5 atom stereocenters. The fourth-order valence-electron chi connectivity index (χ4n) is 4.11. The summed E-state index contributed by atoms with van der Waals surface area (Å²) in [5, 5.41) is 2.89. The van der Waals surface area contributed by atoms with Gasteiger partial charge in [-0.15, -0.1) is 0 Å². The fraction of sp³-hybridized carbons (Fsp3) is 1.00. The third-order valence-electron chi connectivity index (χ3n) is 5.21. The predicted octanol–water partition coefficient (Wildman–Crippen LogP) is 2.53. The van der Waals surface area contributed by atoms with E-state index in [2.05, 4.69) is 19.2 Å². The van der Waals surface area contributed by atoms with E-state index >= 15 is 0 Å². The Kier molecular flexibility index (Phi) is 6.09. The lowest BCUT2D eigenvalue weighted by Crippen LogP contribution is -2.51. The van der Waals surface area contributed by atoms with E-state index in [1.54, 1.807) is 0 Å². The lowest BCUT2D eigenvalue weighted by molar-refractivity contribution is 0.126. The number of sulfone groups is 1. The summed E-state index contributed by atoms with van der Waals surface area (Å²) < 4.78 is 31.7. The molecule has 0 radical (unpaired) electrons. The second-order valence-corrected chi connectivity index (χ2v) is 9.05. The molecule has 1 saturated carbocycles. The van der Waals surface area contributed by atoms with Crippen molar-refractivity contribution in [2.45, 2.75) is 81.9 Å². The average molecular weight is 317 g/mol. The van der Waals surface area contributed by atoms with Crippen molar-refractivity contribution in [3.63, 3.8) is 0 Å². The lowest BCUT2D eigenvalue weighted by atomic mass is 9.83. The molecule has 0 aromatic rings. The molecule has 5 heteroatoms. The Bertz CT molecular complexity index is 423. The highest BCUT2D eigenvalue weighted by Crippen LogP contribution is 2.36. The summed E-state index contributed by atoms with van der Waals surface area (Å²) in [4.78, 5) is 0. The molecule has 1 saturated heterocycles. The minimum Gasteiger partial charge on any atom is -0.377 e. The maximum Gasteiger partial charge on any atom is 0.160 e. The van der Waals surface area contributed by atoms with Crippen LogP contribution in [-0.4, -0.2) is 44.2 Å². The SMILES string of the molecule is CCCC1CCC(NCC)C(S(=O)(=O)C2CCOC2C)C1. The Hall–Kier alpha value is -0.130. The molecular weight excluding hydrogens is 286 g/mol. The highest BCUT2D eigenvalue weighted by atomic mass is 32.2. The van der Waals surface area contributed by atoms with Crippen molar-refractivity contribution in [2.24, 2.45) is 5.92 Å². The Labute approximate surface area is 129 Å². The predicted molar refractivity (Wildman–Crippen MR) is 86.2 cm³/mol. The molecule has 0 aromatic heterocycles.